The molecule has 0 bridgehead atoms. The molecule has 1 fully saturated rings. The normalized spacial score (nSPS) is 26.3. The molecule has 0 saturated carbocycles. The molecule has 0 aromatic heterocycles. The number of fused-ring (bicyclic) bond motifs is 1. The zero-order chi connectivity index (χ0) is 12.5. The topological polar surface area (TPSA) is 36.9 Å². The average Bonchev–Trinajstić information content (AvgIpc) is 2.79. The Kier molecular flexibility index (Phi) is 2.86. The molecule has 1 saturated heterocycles. The van der Waals surface area contributed by atoms with Crippen LogP contribution in [0.1, 0.15) is 24.9 Å². The number of nitrogens with one attached hydrogen (secondary N) is 1. The summed E-state index contributed by atoms with van der Waals surface area (Å²) in [5.41, 5.74) is 1.35. The fourth-order valence-corrected chi connectivity index (χ4v) is 2.76. The average molecular weight is 245 g/mol. The Balaban J connectivity index is 1.85. The van der Waals surface area contributed by atoms with Crippen LogP contribution in [0.3, 0.4) is 0 Å². The maximum atomic E-state index is 5.21. The molecule has 2 aliphatic heterocycles. The largest absolute Gasteiger partial charge is 0.497 e. The van der Waals surface area contributed by atoms with Crippen molar-refractivity contribution in [2.75, 3.05) is 20.2 Å². The summed E-state index contributed by atoms with van der Waals surface area (Å²) in [5, 5.41) is 3.43. The third-order valence-corrected chi connectivity index (χ3v) is 3.66. The number of rotatable bonds is 2. The Hall–Kier alpha value is -1.71. The van der Waals surface area contributed by atoms with Crippen molar-refractivity contribution < 1.29 is 4.74 Å². The van der Waals surface area contributed by atoms with E-state index in [0.717, 1.165) is 31.2 Å². The van der Waals surface area contributed by atoms with Gasteiger partial charge in [0.15, 0.2) is 5.96 Å². The zero-order valence-corrected chi connectivity index (χ0v) is 10.9. The van der Waals surface area contributed by atoms with Crippen molar-refractivity contribution in [3.8, 4) is 5.75 Å². The number of ether oxygens (including phenoxy) is 1. The van der Waals surface area contributed by atoms with E-state index in [2.05, 4.69) is 34.3 Å². The SMILES string of the molecule is COc1ccc(C2CCN=C3NC(C)CN32)cc1. The third kappa shape index (κ3) is 1.92. The van der Waals surface area contributed by atoms with Gasteiger partial charge in [0.05, 0.1) is 13.2 Å². The molecule has 1 N–H and O–H groups in total. The lowest BCUT2D eigenvalue weighted by molar-refractivity contribution is 0.304. The monoisotopic (exact) mass is 245 g/mol. The van der Waals surface area contributed by atoms with E-state index in [4.69, 9.17) is 4.74 Å². The second-order valence-electron chi connectivity index (χ2n) is 4.98. The Morgan fingerprint density at radius 2 is 2.11 bits per heavy atom. The van der Waals surface area contributed by atoms with Gasteiger partial charge < -0.3 is 15.0 Å². The van der Waals surface area contributed by atoms with E-state index in [1.54, 1.807) is 7.11 Å². The lowest BCUT2D eigenvalue weighted by Crippen LogP contribution is -2.37. The smallest absolute Gasteiger partial charge is 0.194 e. The highest BCUT2D eigenvalue weighted by Crippen LogP contribution is 2.30. The Bertz CT molecular complexity index is 455. The van der Waals surface area contributed by atoms with Crippen LogP contribution in [0.5, 0.6) is 5.75 Å². The summed E-state index contributed by atoms with van der Waals surface area (Å²) >= 11 is 0. The first-order chi connectivity index (χ1) is 8.78. The van der Waals surface area contributed by atoms with Gasteiger partial charge in [-0.1, -0.05) is 12.1 Å². The molecule has 0 amide bonds. The summed E-state index contributed by atoms with van der Waals surface area (Å²) < 4.78 is 5.21. The van der Waals surface area contributed by atoms with Gasteiger partial charge in [-0.25, -0.2) is 0 Å². The van der Waals surface area contributed by atoms with Crippen molar-refractivity contribution in [1.82, 2.24) is 10.2 Å². The number of methoxy groups -OCH3 is 1. The van der Waals surface area contributed by atoms with Crippen molar-refractivity contribution in [2.45, 2.75) is 25.4 Å². The second-order valence-corrected chi connectivity index (χ2v) is 4.98. The van der Waals surface area contributed by atoms with E-state index in [-0.39, 0.29) is 0 Å². The van der Waals surface area contributed by atoms with Gasteiger partial charge in [0.2, 0.25) is 0 Å². The van der Waals surface area contributed by atoms with Crippen LogP contribution < -0.4 is 10.1 Å². The summed E-state index contributed by atoms with van der Waals surface area (Å²) in [6.45, 7) is 4.14. The van der Waals surface area contributed by atoms with Crippen LogP contribution in [-0.2, 0) is 0 Å². The summed E-state index contributed by atoms with van der Waals surface area (Å²) in [7, 11) is 1.70. The van der Waals surface area contributed by atoms with E-state index in [9.17, 15) is 0 Å². The van der Waals surface area contributed by atoms with Gasteiger partial charge in [0.25, 0.3) is 0 Å². The van der Waals surface area contributed by atoms with Gasteiger partial charge in [-0.2, -0.15) is 0 Å². The fourth-order valence-electron chi connectivity index (χ4n) is 2.76. The first-order valence-corrected chi connectivity index (χ1v) is 6.49. The molecule has 0 radical (unpaired) electrons. The van der Waals surface area contributed by atoms with E-state index in [1.807, 2.05) is 12.1 Å². The van der Waals surface area contributed by atoms with Gasteiger partial charge in [-0.3, -0.25) is 4.99 Å². The van der Waals surface area contributed by atoms with Gasteiger partial charge in [0.1, 0.15) is 5.75 Å². The summed E-state index contributed by atoms with van der Waals surface area (Å²) in [4.78, 5) is 6.94. The van der Waals surface area contributed by atoms with Gasteiger partial charge >= 0.3 is 0 Å². The van der Waals surface area contributed by atoms with Gasteiger partial charge in [-0.05, 0) is 31.0 Å². The molecule has 3 rings (SSSR count). The Labute approximate surface area is 108 Å². The first-order valence-electron chi connectivity index (χ1n) is 6.49. The zero-order valence-electron chi connectivity index (χ0n) is 10.9. The van der Waals surface area contributed by atoms with Crippen LogP contribution in [-0.4, -0.2) is 37.1 Å². The molecule has 2 unspecified atom stereocenters. The predicted molar refractivity (Wildman–Crippen MR) is 72.0 cm³/mol. The highest BCUT2D eigenvalue weighted by molar-refractivity contribution is 5.83. The minimum Gasteiger partial charge on any atom is -0.497 e. The number of aliphatic imine (C=N–C) groups is 1. The Morgan fingerprint density at radius 1 is 1.33 bits per heavy atom. The summed E-state index contributed by atoms with van der Waals surface area (Å²) in [6.07, 6.45) is 1.09. The van der Waals surface area contributed by atoms with Crippen molar-refractivity contribution in [3.05, 3.63) is 29.8 Å². The van der Waals surface area contributed by atoms with Crippen LogP contribution in [0.4, 0.5) is 0 Å². The number of hydrogen-bond donors (Lipinski definition) is 1. The number of benzene rings is 1. The molecule has 96 valence electrons. The minimum absolute atomic E-state index is 0.445. The lowest BCUT2D eigenvalue weighted by atomic mass is 10.0. The number of nitrogens with zero attached hydrogens (tertiary/aromatic N) is 2. The van der Waals surface area contributed by atoms with Crippen molar-refractivity contribution >= 4 is 5.96 Å². The molecule has 0 aliphatic carbocycles. The molecule has 2 heterocycles. The number of hydrogen-bond acceptors (Lipinski definition) is 4. The molecule has 2 atom stereocenters. The summed E-state index contributed by atoms with van der Waals surface area (Å²) in [5.74, 6) is 1.98. The van der Waals surface area contributed by atoms with Gasteiger partial charge in [0, 0.05) is 19.1 Å². The van der Waals surface area contributed by atoms with E-state index in [1.165, 1.54) is 5.56 Å². The second kappa shape index (κ2) is 4.52. The van der Waals surface area contributed by atoms with Crippen LogP contribution in [0.25, 0.3) is 0 Å². The molecule has 1 aromatic rings. The highest BCUT2D eigenvalue weighted by atomic mass is 16.5. The Morgan fingerprint density at radius 3 is 2.83 bits per heavy atom. The van der Waals surface area contributed by atoms with Gasteiger partial charge in [-0.15, -0.1) is 0 Å². The lowest BCUT2D eigenvalue weighted by Gasteiger charge is -2.32. The molecule has 18 heavy (non-hydrogen) atoms. The van der Waals surface area contributed by atoms with Crippen LogP contribution in [0.15, 0.2) is 29.3 Å². The molecule has 4 heteroatoms. The molecule has 0 spiro atoms. The van der Waals surface area contributed by atoms with Crippen molar-refractivity contribution in [1.29, 1.82) is 0 Å². The van der Waals surface area contributed by atoms with Crippen LogP contribution >= 0.6 is 0 Å². The van der Waals surface area contributed by atoms with Crippen LogP contribution in [0.2, 0.25) is 0 Å². The molecular formula is C14H19N3O. The molecule has 4 nitrogen and oxygen atoms in total. The molecule has 1 aromatic carbocycles. The standard InChI is InChI=1S/C14H19N3O/c1-10-9-17-13(7-8-15-14(17)16-10)11-3-5-12(18-2)6-4-11/h3-6,10,13H,7-9H2,1-2H3,(H,15,16). The van der Waals surface area contributed by atoms with E-state index in [0.29, 0.717) is 12.1 Å². The first kappa shape index (κ1) is 11.4. The highest BCUT2D eigenvalue weighted by Gasteiger charge is 2.33. The van der Waals surface area contributed by atoms with Crippen molar-refractivity contribution in [3.63, 3.8) is 0 Å². The maximum absolute atomic E-state index is 5.21. The van der Waals surface area contributed by atoms with Crippen molar-refractivity contribution in [2.24, 2.45) is 4.99 Å². The fraction of sp³-hybridized carbons (Fsp3) is 0.500. The summed E-state index contributed by atoms with van der Waals surface area (Å²) in [6, 6.07) is 9.33. The molecule has 2 aliphatic rings. The number of guanidine groups is 1. The quantitative estimate of drug-likeness (QED) is 0.863. The maximum Gasteiger partial charge on any atom is 0.194 e. The van der Waals surface area contributed by atoms with E-state index >= 15 is 0 Å². The molecular weight excluding hydrogens is 226 g/mol. The minimum atomic E-state index is 0.445. The van der Waals surface area contributed by atoms with E-state index < -0.39 is 0 Å². The predicted octanol–water partition coefficient (Wildman–Crippen LogP) is 1.79. The van der Waals surface area contributed by atoms with Crippen LogP contribution in [0, 0.1) is 0 Å². The third-order valence-electron chi connectivity index (χ3n) is 3.66.